The summed E-state index contributed by atoms with van der Waals surface area (Å²) in [5.41, 5.74) is 1.50. The van der Waals surface area contributed by atoms with E-state index in [2.05, 4.69) is 16.8 Å². The van der Waals surface area contributed by atoms with Crippen LogP contribution in [0.4, 0.5) is 4.39 Å². The van der Waals surface area contributed by atoms with E-state index in [1.165, 1.54) is 6.07 Å². The maximum Gasteiger partial charge on any atom is 0.137 e. The molecule has 23 heavy (non-hydrogen) atoms. The number of aromatic nitrogens is 1. The Balaban J connectivity index is 1.73. The summed E-state index contributed by atoms with van der Waals surface area (Å²) in [4.78, 5) is 6.53. The van der Waals surface area contributed by atoms with Crippen molar-refractivity contribution in [3.63, 3.8) is 0 Å². The smallest absolute Gasteiger partial charge is 0.137 e. The first-order chi connectivity index (χ1) is 11.1. The van der Waals surface area contributed by atoms with Crippen LogP contribution in [-0.2, 0) is 6.54 Å². The van der Waals surface area contributed by atoms with E-state index in [0.717, 1.165) is 11.5 Å². The molecule has 0 bridgehead atoms. The van der Waals surface area contributed by atoms with Crippen LogP contribution >= 0.6 is 0 Å². The molecule has 118 valence electrons. The summed E-state index contributed by atoms with van der Waals surface area (Å²) in [7, 11) is 2.02. The minimum absolute atomic E-state index is 0.165. The summed E-state index contributed by atoms with van der Waals surface area (Å²) in [6, 6.07) is 16.4. The first-order valence-electron chi connectivity index (χ1n) is 7.60. The second-order valence-electron chi connectivity index (χ2n) is 5.59. The third kappa shape index (κ3) is 3.48. The maximum absolute atomic E-state index is 13.8. The summed E-state index contributed by atoms with van der Waals surface area (Å²) < 4.78 is 19.6. The molecule has 0 N–H and O–H groups in total. The van der Waals surface area contributed by atoms with Crippen molar-refractivity contribution < 1.29 is 8.81 Å². The van der Waals surface area contributed by atoms with Gasteiger partial charge in [0.2, 0.25) is 0 Å². The molecule has 2 heterocycles. The van der Waals surface area contributed by atoms with Crippen LogP contribution in [0, 0.1) is 5.82 Å². The van der Waals surface area contributed by atoms with Gasteiger partial charge in [-0.25, -0.2) is 4.39 Å². The predicted molar refractivity (Wildman–Crippen MR) is 88.2 cm³/mol. The van der Waals surface area contributed by atoms with Crippen LogP contribution in [0.1, 0.15) is 24.4 Å². The number of benzene rings is 1. The highest BCUT2D eigenvalue weighted by molar-refractivity contribution is 5.58. The number of nitrogens with zero attached hydrogens (tertiary/aromatic N) is 2. The summed E-state index contributed by atoms with van der Waals surface area (Å²) in [5.74, 6) is 1.08. The highest BCUT2D eigenvalue weighted by Crippen LogP contribution is 2.26. The van der Waals surface area contributed by atoms with E-state index in [9.17, 15) is 4.39 Å². The van der Waals surface area contributed by atoms with Crippen LogP contribution in [0.3, 0.4) is 0 Å². The fourth-order valence-corrected chi connectivity index (χ4v) is 2.50. The molecule has 3 aromatic rings. The number of pyridine rings is 1. The Kier molecular flexibility index (Phi) is 4.53. The standard InChI is InChI=1S/C19H19FN2O/c1-14(18-9-5-6-12-21-18)22(2)13-15-10-11-19(23-15)16-7-3-4-8-17(16)20/h3-12,14H,13H2,1-2H3. The van der Waals surface area contributed by atoms with Gasteiger partial charge < -0.3 is 4.42 Å². The molecule has 4 heteroatoms. The van der Waals surface area contributed by atoms with Crippen molar-refractivity contribution in [2.24, 2.45) is 0 Å². The molecule has 0 amide bonds. The molecule has 2 aromatic heterocycles. The van der Waals surface area contributed by atoms with E-state index in [1.54, 1.807) is 24.4 Å². The molecule has 1 atom stereocenters. The normalized spacial score (nSPS) is 12.5. The van der Waals surface area contributed by atoms with Crippen molar-refractivity contribution in [1.29, 1.82) is 0 Å². The van der Waals surface area contributed by atoms with Crippen LogP contribution in [0.5, 0.6) is 0 Å². The largest absolute Gasteiger partial charge is 0.460 e. The van der Waals surface area contributed by atoms with Gasteiger partial charge in [0.1, 0.15) is 17.3 Å². The van der Waals surface area contributed by atoms with Crippen molar-refractivity contribution in [2.75, 3.05) is 7.05 Å². The van der Waals surface area contributed by atoms with E-state index in [1.807, 2.05) is 37.4 Å². The van der Waals surface area contributed by atoms with Gasteiger partial charge >= 0.3 is 0 Å². The molecule has 1 unspecified atom stereocenters. The molecular formula is C19H19FN2O. The van der Waals surface area contributed by atoms with Gasteiger partial charge in [-0.2, -0.15) is 0 Å². The Labute approximate surface area is 135 Å². The fraction of sp³-hybridized carbons (Fsp3) is 0.211. The average Bonchev–Trinajstić information content (AvgIpc) is 3.03. The van der Waals surface area contributed by atoms with Gasteiger partial charge in [-0.3, -0.25) is 9.88 Å². The van der Waals surface area contributed by atoms with Crippen LogP contribution in [-0.4, -0.2) is 16.9 Å². The van der Waals surface area contributed by atoms with Gasteiger partial charge in [0.15, 0.2) is 0 Å². The molecule has 0 spiro atoms. The molecule has 0 aliphatic rings. The van der Waals surface area contributed by atoms with Crippen molar-refractivity contribution >= 4 is 0 Å². The zero-order valence-corrected chi connectivity index (χ0v) is 13.2. The fourth-order valence-electron chi connectivity index (χ4n) is 2.50. The van der Waals surface area contributed by atoms with Gasteiger partial charge in [-0.15, -0.1) is 0 Å². The summed E-state index contributed by atoms with van der Waals surface area (Å²) >= 11 is 0. The lowest BCUT2D eigenvalue weighted by molar-refractivity contribution is 0.229. The van der Waals surface area contributed by atoms with E-state index >= 15 is 0 Å². The van der Waals surface area contributed by atoms with Gasteiger partial charge in [0.25, 0.3) is 0 Å². The van der Waals surface area contributed by atoms with Crippen LogP contribution in [0.2, 0.25) is 0 Å². The van der Waals surface area contributed by atoms with E-state index in [0.29, 0.717) is 17.9 Å². The van der Waals surface area contributed by atoms with Gasteiger partial charge in [-0.1, -0.05) is 18.2 Å². The first-order valence-corrected chi connectivity index (χ1v) is 7.60. The third-order valence-corrected chi connectivity index (χ3v) is 3.98. The number of furan rings is 1. The van der Waals surface area contributed by atoms with E-state index in [-0.39, 0.29) is 11.9 Å². The molecule has 1 aromatic carbocycles. The topological polar surface area (TPSA) is 29.3 Å². The first kappa shape index (κ1) is 15.4. The van der Waals surface area contributed by atoms with Crippen molar-refractivity contribution in [3.8, 4) is 11.3 Å². The average molecular weight is 310 g/mol. The maximum atomic E-state index is 13.8. The summed E-state index contributed by atoms with van der Waals surface area (Å²) in [6.07, 6.45) is 1.79. The molecule has 3 nitrogen and oxygen atoms in total. The highest BCUT2D eigenvalue weighted by Gasteiger charge is 2.15. The zero-order chi connectivity index (χ0) is 16.2. The summed E-state index contributed by atoms with van der Waals surface area (Å²) in [5, 5.41) is 0. The van der Waals surface area contributed by atoms with E-state index < -0.39 is 0 Å². The van der Waals surface area contributed by atoms with Crippen LogP contribution in [0.25, 0.3) is 11.3 Å². The Hall–Kier alpha value is -2.46. The molecule has 0 saturated carbocycles. The van der Waals surface area contributed by atoms with Gasteiger partial charge in [0, 0.05) is 12.2 Å². The highest BCUT2D eigenvalue weighted by atomic mass is 19.1. The van der Waals surface area contributed by atoms with E-state index in [4.69, 9.17) is 4.42 Å². The molecule has 0 aliphatic heterocycles. The zero-order valence-electron chi connectivity index (χ0n) is 13.2. The lowest BCUT2D eigenvalue weighted by Crippen LogP contribution is -2.22. The van der Waals surface area contributed by atoms with Gasteiger partial charge in [0.05, 0.1) is 17.8 Å². The number of hydrogen-bond acceptors (Lipinski definition) is 3. The SMILES string of the molecule is CC(c1ccccn1)N(C)Cc1ccc(-c2ccccc2F)o1. The number of hydrogen-bond donors (Lipinski definition) is 0. The predicted octanol–water partition coefficient (Wildman–Crippen LogP) is 4.67. The Morgan fingerprint density at radius 3 is 2.61 bits per heavy atom. The van der Waals surface area contributed by atoms with Crippen molar-refractivity contribution in [3.05, 3.63) is 78.1 Å². The minimum atomic E-state index is -0.274. The lowest BCUT2D eigenvalue weighted by Gasteiger charge is -2.23. The number of halogens is 1. The van der Waals surface area contributed by atoms with Crippen molar-refractivity contribution in [1.82, 2.24) is 9.88 Å². The monoisotopic (exact) mass is 310 g/mol. The Morgan fingerprint density at radius 2 is 1.87 bits per heavy atom. The molecule has 0 radical (unpaired) electrons. The second kappa shape index (κ2) is 6.75. The Bertz CT molecular complexity index is 770. The second-order valence-corrected chi connectivity index (χ2v) is 5.59. The molecule has 3 rings (SSSR count). The van der Waals surface area contributed by atoms with Crippen LogP contribution in [0.15, 0.2) is 65.2 Å². The number of rotatable bonds is 5. The molecule has 0 aliphatic carbocycles. The van der Waals surface area contributed by atoms with Crippen LogP contribution < -0.4 is 0 Å². The minimum Gasteiger partial charge on any atom is -0.460 e. The molecular weight excluding hydrogens is 291 g/mol. The quantitative estimate of drug-likeness (QED) is 0.685. The Morgan fingerprint density at radius 1 is 1.09 bits per heavy atom. The third-order valence-electron chi connectivity index (χ3n) is 3.98. The van der Waals surface area contributed by atoms with Crippen molar-refractivity contribution in [2.45, 2.75) is 19.5 Å². The molecule has 0 fully saturated rings. The van der Waals surface area contributed by atoms with Gasteiger partial charge in [-0.05, 0) is 50.4 Å². The molecule has 0 saturated heterocycles. The summed E-state index contributed by atoms with van der Waals surface area (Å²) in [6.45, 7) is 2.73. The lowest BCUT2D eigenvalue weighted by atomic mass is 10.1.